The number of nitro groups is 1. The van der Waals surface area contributed by atoms with E-state index >= 15 is 0 Å². The summed E-state index contributed by atoms with van der Waals surface area (Å²) < 4.78 is 40.7. The first-order valence-electron chi connectivity index (χ1n) is 5.60. The van der Waals surface area contributed by atoms with Crippen LogP contribution in [0.5, 0.6) is 0 Å². The standard InChI is InChI=1S/C12H11F3N3O2/c1-16-10(7-11(17(16)2)12(13,14)15)8-3-5-9(6-4-8)18(19)20/h3-7H,1-2H3/q+1. The molecule has 0 aliphatic rings. The first-order chi connectivity index (χ1) is 9.21. The number of hydrogen-bond acceptors (Lipinski definition) is 2. The Bertz CT molecular complexity index is 660. The van der Waals surface area contributed by atoms with Crippen LogP contribution in [0.1, 0.15) is 5.69 Å². The van der Waals surface area contributed by atoms with E-state index in [0.29, 0.717) is 11.3 Å². The fourth-order valence-corrected chi connectivity index (χ4v) is 1.93. The molecule has 1 aromatic heterocycles. The molecular formula is C12H11F3N3O2+. The Morgan fingerprint density at radius 3 is 2.20 bits per heavy atom. The van der Waals surface area contributed by atoms with Crippen LogP contribution in [0.4, 0.5) is 18.9 Å². The quantitative estimate of drug-likeness (QED) is 0.483. The van der Waals surface area contributed by atoms with Gasteiger partial charge in [-0.1, -0.05) is 0 Å². The van der Waals surface area contributed by atoms with E-state index in [-0.39, 0.29) is 5.69 Å². The second kappa shape index (κ2) is 4.62. The van der Waals surface area contributed by atoms with E-state index in [0.717, 1.165) is 10.7 Å². The maximum absolute atomic E-state index is 12.8. The molecule has 0 spiro atoms. The number of nitro benzene ring substituents is 1. The summed E-state index contributed by atoms with van der Waals surface area (Å²) in [4.78, 5) is 9.99. The number of hydrogen-bond donors (Lipinski definition) is 0. The third-order valence-corrected chi connectivity index (χ3v) is 3.09. The smallest absolute Gasteiger partial charge is 0.258 e. The van der Waals surface area contributed by atoms with E-state index in [2.05, 4.69) is 0 Å². The van der Waals surface area contributed by atoms with E-state index < -0.39 is 16.8 Å². The van der Waals surface area contributed by atoms with Crippen LogP contribution in [-0.2, 0) is 20.3 Å². The summed E-state index contributed by atoms with van der Waals surface area (Å²) in [5.41, 5.74) is -0.0874. The Labute approximate surface area is 112 Å². The van der Waals surface area contributed by atoms with Gasteiger partial charge in [-0.05, 0) is 12.1 Å². The van der Waals surface area contributed by atoms with Gasteiger partial charge in [0.05, 0.1) is 12.0 Å². The third-order valence-electron chi connectivity index (χ3n) is 3.09. The summed E-state index contributed by atoms with van der Waals surface area (Å²) >= 11 is 0. The summed E-state index contributed by atoms with van der Waals surface area (Å²) in [6.45, 7) is 0. The maximum atomic E-state index is 12.8. The lowest BCUT2D eigenvalue weighted by Crippen LogP contribution is -2.40. The molecule has 0 aliphatic carbocycles. The summed E-state index contributed by atoms with van der Waals surface area (Å²) in [6.07, 6.45) is -4.45. The number of alkyl halides is 3. The van der Waals surface area contributed by atoms with E-state index in [1.54, 1.807) is 0 Å². The van der Waals surface area contributed by atoms with Gasteiger partial charge in [-0.3, -0.25) is 10.1 Å². The number of nitrogens with zero attached hydrogens (tertiary/aromatic N) is 3. The lowest BCUT2D eigenvalue weighted by atomic mass is 10.1. The molecule has 0 amide bonds. The number of rotatable bonds is 2. The van der Waals surface area contributed by atoms with Crippen molar-refractivity contribution < 1.29 is 22.8 Å². The molecule has 2 rings (SSSR count). The molecule has 0 unspecified atom stereocenters. The van der Waals surface area contributed by atoms with Gasteiger partial charge in [0.25, 0.3) is 5.69 Å². The molecule has 0 N–H and O–H groups in total. The van der Waals surface area contributed by atoms with Gasteiger partial charge in [0.15, 0.2) is 12.7 Å². The fraction of sp³-hybridized carbons (Fsp3) is 0.250. The van der Waals surface area contributed by atoms with Crippen molar-refractivity contribution in [2.24, 2.45) is 14.1 Å². The molecule has 0 atom stereocenters. The van der Waals surface area contributed by atoms with Crippen LogP contribution in [0.25, 0.3) is 11.3 Å². The minimum absolute atomic E-state index is 0.108. The van der Waals surface area contributed by atoms with Crippen molar-refractivity contribution in [1.82, 2.24) is 4.68 Å². The van der Waals surface area contributed by atoms with Gasteiger partial charge in [-0.15, -0.1) is 4.68 Å². The van der Waals surface area contributed by atoms with E-state index in [1.165, 1.54) is 43.0 Å². The highest BCUT2D eigenvalue weighted by Crippen LogP contribution is 2.31. The minimum atomic E-state index is -4.45. The molecule has 0 saturated heterocycles. The molecule has 20 heavy (non-hydrogen) atoms. The largest absolute Gasteiger partial charge is 0.437 e. The van der Waals surface area contributed by atoms with Gasteiger partial charge in [0, 0.05) is 23.8 Å². The first kappa shape index (κ1) is 14.0. The van der Waals surface area contributed by atoms with Crippen LogP contribution in [-0.4, -0.2) is 9.61 Å². The van der Waals surface area contributed by atoms with E-state index in [4.69, 9.17) is 0 Å². The Morgan fingerprint density at radius 2 is 1.80 bits per heavy atom. The first-order valence-corrected chi connectivity index (χ1v) is 5.60. The Balaban J connectivity index is 2.51. The lowest BCUT2D eigenvalue weighted by molar-refractivity contribution is -0.742. The molecular weight excluding hydrogens is 275 g/mol. The van der Waals surface area contributed by atoms with Crippen molar-refractivity contribution in [2.75, 3.05) is 0 Å². The predicted molar refractivity (Wildman–Crippen MR) is 63.7 cm³/mol. The summed E-state index contributed by atoms with van der Waals surface area (Å²) in [5.74, 6) is 0. The Kier molecular flexibility index (Phi) is 3.24. The van der Waals surface area contributed by atoms with Gasteiger partial charge in [-0.2, -0.15) is 17.9 Å². The van der Waals surface area contributed by atoms with Crippen molar-refractivity contribution in [2.45, 2.75) is 6.18 Å². The predicted octanol–water partition coefficient (Wildman–Crippen LogP) is 2.44. The highest BCUT2D eigenvalue weighted by atomic mass is 19.4. The molecule has 0 saturated carbocycles. The summed E-state index contributed by atoms with van der Waals surface area (Å²) in [5, 5.41) is 10.6. The van der Waals surface area contributed by atoms with Gasteiger partial charge in [0.2, 0.25) is 5.69 Å². The van der Waals surface area contributed by atoms with Gasteiger partial charge in [0.1, 0.15) is 0 Å². The molecule has 0 radical (unpaired) electrons. The molecule has 0 fully saturated rings. The van der Waals surface area contributed by atoms with E-state index in [1.807, 2.05) is 0 Å². The van der Waals surface area contributed by atoms with Crippen molar-refractivity contribution in [3.05, 3.63) is 46.1 Å². The van der Waals surface area contributed by atoms with Gasteiger partial charge in [-0.25, -0.2) is 0 Å². The van der Waals surface area contributed by atoms with E-state index in [9.17, 15) is 23.3 Å². The zero-order valence-electron chi connectivity index (χ0n) is 10.7. The summed E-state index contributed by atoms with van der Waals surface area (Å²) in [6, 6.07) is 6.38. The average molecular weight is 286 g/mol. The number of aromatic nitrogens is 2. The van der Waals surface area contributed by atoms with Crippen molar-refractivity contribution in [3.63, 3.8) is 0 Å². The van der Waals surface area contributed by atoms with Crippen LogP contribution >= 0.6 is 0 Å². The zero-order valence-corrected chi connectivity index (χ0v) is 10.7. The van der Waals surface area contributed by atoms with Crippen LogP contribution < -0.4 is 4.68 Å². The second-order valence-electron chi connectivity index (χ2n) is 4.26. The second-order valence-corrected chi connectivity index (χ2v) is 4.26. The molecule has 8 heteroatoms. The van der Waals surface area contributed by atoms with Crippen molar-refractivity contribution in [1.29, 1.82) is 0 Å². The molecule has 0 bridgehead atoms. The van der Waals surface area contributed by atoms with Crippen molar-refractivity contribution >= 4 is 5.69 Å². The van der Waals surface area contributed by atoms with Gasteiger partial charge < -0.3 is 0 Å². The molecule has 5 nitrogen and oxygen atoms in total. The maximum Gasteiger partial charge on any atom is 0.437 e. The Hall–Kier alpha value is -2.38. The number of non-ortho nitro benzene ring substituents is 1. The SMILES string of the molecule is Cn1c(C(F)(F)F)cc(-c2ccc([N+](=O)[O-])cc2)[n+]1C. The average Bonchev–Trinajstić information content (AvgIpc) is 2.66. The normalized spacial score (nSPS) is 11.7. The summed E-state index contributed by atoms with van der Waals surface area (Å²) in [7, 11) is 2.80. The molecule has 2 aromatic rings. The van der Waals surface area contributed by atoms with Crippen LogP contribution in [0, 0.1) is 10.1 Å². The molecule has 0 aliphatic heterocycles. The number of benzene rings is 1. The van der Waals surface area contributed by atoms with Crippen LogP contribution in [0.2, 0.25) is 0 Å². The highest BCUT2D eigenvalue weighted by Gasteiger charge is 2.39. The van der Waals surface area contributed by atoms with Crippen LogP contribution in [0.15, 0.2) is 30.3 Å². The Morgan fingerprint density at radius 1 is 1.25 bits per heavy atom. The van der Waals surface area contributed by atoms with Gasteiger partial charge >= 0.3 is 6.18 Å². The van der Waals surface area contributed by atoms with Crippen LogP contribution in [0.3, 0.4) is 0 Å². The molecule has 1 heterocycles. The lowest BCUT2D eigenvalue weighted by Gasteiger charge is -2.03. The number of halogens is 3. The molecule has 1 aromatic carbocycles. The topological polar surface area (TPSA) is 51.9 Å². The molecule has 106 valence electrons. The fourth-order valence-electron chi connectivity index (χ4n) is 1.93. The zero-order chi connectivity index (χ0) is 15.1. The highest BCUT2D eigenvalue weighted by molar-refractivity contribution is 5.58. The minimum Gasteiger partial charge on any atom is -0.258 e. The monoisotopic (exact) mass is 286 g/mol. The van der Waals surface area contributed by atoms with Crippen molar-refractivity contribution in [3.8, 4) is 11.3 Å². The third kappa shape index (κ3) is 2.36.